The number of hydrogen-bond donors (Lipinski definition) is 0. The Morgan fingerprint density at radius 3 is 1.31 bits per heavy atom. The molecule has 8 heteroatoms. The third-order valence-corrected chi connectivity index (χ3v) is 4.20. The lowest BCUT2D eigenvalue weighted by molar-refractivity contribution is -0.149. The lowest BCUT2D eigenvalue weighted by atomic mass is 9.98. The summed E-state index contributed by atoms with van der Waals surface area (Å²) in [7, 11) is 2.81. The fourth-order valence-corrected chi connectivity index (χ4v) is 1.47. The summed E-state index contributed by atoms with van der Waals surface area (Å²) >= 11 is 0. The van der Waals surface area contributed by atoms with Crippen molar-refractivity contribution in [3.8, 4) is 0 Å². The zero-order chi connectivity index (χ0) is 23.6. The van der Waals surface area contributed by atoms with E-state index in [9.17, 15) is 19.2 Å². The van der Waals surface area contributed by atoms with Gasteiger partial charge in [-0.1, -0.05) is 34.6 Å². The summed E-state index contributed by atoms with van der Waals surface area (Å²) in [6.07, 6.45) is 0. The molecule has 0 heterocycles. The lowest BCUT2D eigenvalue weighted by Gasteiger charge is -2.16. The van der Waals surface area contributed by atoms with Gasteiger partial charge in [0.1, 0.15) is 0 Å². The number of rotatable bonds is 9. The summed E-state index contributed by atoms with van der Waals surface area (Å²) in [6.45, 7) is 16.8. The highest BCUT2D eigenvalue weighted by molar-refractivity contribution is 5.75. The van der Waals surface area contributed by atoms with Crippen molar-refractivity contribution in [3.05, 3.63) is 0 Å². The second-order valence-electron chi connectivity index (χ2n) is 8.11. The standard InChI is InChI=1S/C8H14O4.C7H14O2.C6H12O2/c1-7(3-11-5-9)8(2)4-12-6-10;1-5(2)6(3)7(8)9-4;1-6(2,3)5(7)8-4/h5-8H,3-4H2,1-2H3;5-6H,1-4H3;1-4H3. The van der Waals surface area contributed by atoms with E-state index in [4.69, 9.17) is 0 Å². The second-order valence-corrected chi connectivity index (χ2v) is 8.11. The summed E-state index contributed by atoms with van der Waals surface area (Å²) in [5.41, 5.74) is -0.352. The molecule has 29 heavy (non-hydrogen) atoms. The molecule has 0 N–H and O–H groups in total. The van der Waals surface area contributed by atoms with Gasteiger partial charge in [-0.25, -0.2) is 0 Å². The maximum Gasteiger partial charge on any atom is 0.310 e. The molecule has 0 aromatic heterocycles. The van der Waals surface area contributed by atoms with Gasteiger partial charge < -0.3 is 18.9 Å². The van der Waals surface area contributed by atoms with E-state index in [2.05, 4.69) is 18.9 Å². The van der Waals surface area contributed by atoms with Crippen LogP contribution in [0, 0.1) is 29.1 Å². The predicted octanol–water partition coefficient (Wildman–Crippen LogP) is 3.26. The Bertz CT molecular complexity index is 438. The Hall–Kier alpha value is -2.12. The monoisotopic (exact) mass is 420 g/mol. The molecule has 0 rings (SSSR count). The number of carbonyl (C=O) groups excluding carboxylic acids is 4. The third kappa shape index (κ3) is 19.0. The minimum Gasteiger partial charge on any atom is -0.469 e. The molecule has 0 bridgehead atoms. The van der Waals surface area contributed by atoms with Crippen molar-refractivity contribution in [2.45, 2.75) is 55.4 Å². The smallest absolute Gasteiger partial charge is 0.310 e. The van der Waals surface area contributed by atoms with E-state index < -0.39 is 0 Å². The van der Waals surface area contributed by atoms with Crippen molar-refractivity contribution in [2.75, 3.05) is 27.4 Å². The van der Waals surface area contributed by atoms with Crippen molar-refractivity contribution >= 4 is 24.9 Å². The Morgan fingerprint density at radius 2 is 1.17 bits per heavy atom. The maximum atomic E-state index is 10.7. The molecule has 0 aliphatic heterocycles. The van der Waals surface area contributed by atoms with Gasteiger partial charge in [0.2, 0.25) is 0 Å². The highest BCUT2D eigenvalue weighted by Crippen LogP contribution is 2.13. The molecular weight excluding hydrogens is 380 g/mol. The molecule has 172 valence electrons. The van der Waals surface area contributed by atoms with Gasteiger partial charge in [0, 0.05) is 0 Å². The van der Waals surface area contributed by atoms with Crippen LogP contribution in [0.25, 0.3) is 0 Å². The van der Waals surface area contributed by atoms with Gasteiger partial charge >= 0.3 is 11.9 Å². The Labute approximate surface area is 175 Å². The van der Waals surface area contributed by atoms with Crippen molar-refractivity contribution in [3.63, 3.8) is 0 Å². The molecule has 8 nitrogen and oxygen atoms in total. The minimum absolute atomic E-state index is 0.0231. The van der Waals surface area contributed by atoms with E-state index in [-0.39, 0.29) is 35.1 Å². The third-order valence-electron chi connectivity index (χ3n) is 4.20. The normalized spacial score (nSPS) is 13.2. The molecule has 0 aromatic carbocycles. The highest BCUT2D eigenvalue weighted by Gasteiger charge is 2.21. The quantitative estimate of drug-likeness (QED) is 0.318. The average Bonchev–Trinajstić information content (AvgIpc) is 2.68. The Morgan fingerprint density at radius 1 is 0.793 bits per heavy atom. The van der Waals surface area contributed by atoms with Crippen molar-refractivity contribution in [2.24, 2.45) is 29.1 Å². The predicted molar refractivity (Wildman–Crippen MR) is 110 cm³/mol. The number of carbonyl (C=O) groups is 4. The Balaban J connectivity index is -0.000000359. The molecule has 0 saturated carbocycles. The van der Waals surface area contributed by atoms with Gasteiger partial charge in [0.05, 0.1) is 38.8 Å². The summed E-state index contributed by atoms with van der Waals surface area (Å²) in [5, 5.41) is 0. The molecule has 0 radical (unpaired) electrons. The van der Waals surface area contributed by atoms with Crippen LogP contribution in [0.1, 0.15) is 55.4 Å². The number of ether oxygens (including phenoxy) is 4. The summed E-state index contributed by atoms with van der Waals surface area (Å²) in [4.78, 5) is 41.0. The fraction of sp³-hybridized carbons (Fsp3) is 0.810. The van der Waals surface area contributed by atoms with E-state index in [1.54, 1.807) is 0 Å². The van der Waals surface area contributed by atoms with Crippen LogP contribution in [0.4, 0.5) is 0 Å². The lowest BCUT2D eigenvalue weighted by Crippen LogP contribution is -2.21. The molecule has 0 saturated heterocycles. The summed E-state index contributed by atoms with van der Waals surface area (Å²) in [6, 6.07) is 0. The van der Waals surface area contributed by atoms with E-state index in [1.807, 2.05) is 55.4 Å². The van der Waals surface area contributed by atoms with Crippen LogP contribution in [0.3, 0.4) is 0 Å². The largest absolute Gasteiger partial charge is 0.469 e. The average molecular weight is 421 g/mol. The number of methoxy groups -OCH3 is 2. The van der Waals surface area contributed by atoms with Gasteiger partial charge in [-0.3, -0.25) is 19.2 Å². The highest BCUT2D eigenvalue weighted by atomic mass is 16.5. The first-order valence-corrected chi connectivity index (χ1v) is 9.56. The first-order valence-electron chi connectivity index (χ1n) is 9.56. The van der Waals surface area contributed by atoms with E-state index >= 15 is 0 Å². The van der Waals surface area contributed by atoms with Gasteiger partial charge in [-0.15, -0.1) is 0 Å². The van der Waals surface area contributed by atoms with Crippen LogP contribution in [-0.2, 0) is 38.1 Å². The van der Waals surface area contributed by atoms with Gasteiger partial charge in [-0.2, -0.15) is 0 Å². The van der Waals surface area contributed by atoms with Crippen molar-refractivity contribution in [1.82, 2.24) is 0 Å². The zero-order valence-electron chi connectivity index (χ0n) is 19.6. The maximum absolute atomic E-state index is 10.7. The number of esters is 2. The molecule has 0 fully saturated rings. The van der Waals surface area contributed by atoms with Crippen LogP contribution < -0.4 is 0 Å². The van der Waals surface area contributed by atoms with Crippen LogP contribution in [0.2, 0.25) is 0 Å². The van der Waals surface area contributed by atoms with E-state index in [1.165, 1.54) is 14.2 Å². The van der Waals surface area contributed by atoms with Gasteiger partial charge in [0.25, 0.3) is 12.9 Å². The molecule has 0 aliphatic carbocycles. The molecule has 3 atom stereocenters. The first-order chi connectivity index (χ1) is 13.3. The molecule has 0 aliphatic rings. The Kier molecular flexibility index (Phi) is 19.5. The van der Waals surface area contributed by atoms with E-state index in [0.29, 0.717) is 32.1 Å². The fourth-order valence-electron chi connectivity index (χ4n) is 1.47. The minimum atomic E-state index is -0.352. The van der Waals surface area contributed by atoms with Gasteiger partial charge in [-0.05, 0) is 38.5 Å². The summed E-state index contributed by atoms with van der Waals surface area (Å²) < 4.78 is 18.2. The van der Waals surface area contributed by atoms with Crippen LogP contribution >= 0.6 is 0 Å². The van der Waals surface area contributed by atoms with Crippen LogP contribution in [-0.4, -0.2) is 52.3 Å². The topological polar surface area (TPSA) is 105 Å². The molecule has 0 amide bonds. The zero-order valence-corrected chi connectivity index (χ0v) is 19.6. The SMILES string of the molecule is CC(COC=O)C(C)COC=O.COC(=O)C(C)(C)C.COC(=O)C(C)C(C)C. The van der Waals surface area contributed by atoms with Gasteiger partial charge in [0.15, 0.2) is 0 Å². The molecule has 0 spiro atoms. The first kappa shape index (κ1) is 31.6. The van der Waals surface area contributed by atoms with Crippen molar-refractivity contribution in [1.29, 1.82) is 0 Å². The van der Waals surface area contributed by atoms with E-state index in [0.717, 1.165) is 0 Å². The molecule has 0 aromatic rings. The van der Waals surface area contributed by atoms with Crippen LogP contribution in [0.5, 0.6) is 0 Å². The molecule has 3 unspecified atom stereocenters. The molecular formula is C21H40O8. The van der Waals surface area contributed by atoms with Crippen molar-refractivity contribution < 1.29 is 38.1 Å². The van der Waals surface area contributed by atoms with Crippen LogP contribution in [0.15, 0.2) is 0 Å². The second kappa shape index (κ2) is 17.9. The summed E-state index contributed by atoms with van der Waals surface area (Å²) in [5.74, 6) is 0.514. The number of hydrogen-bond acceptors (Lipinski definition) is 8.